The number of ether oxygens (including phenoxy) is 1. The van der Waals surface area contributed by atoms with E-state index in [1.807, 2.05) is 0 Å². The van der Waals surface area contributed by atoms with E-state index >= 15 is 0 Å². The van der Waals surface area contributed by atoms with Gasteiger partial charge in [-0.25, -0.2) is 0 Å². The first-order chi connectivity index (χ1) is 12.7. The molecule has 0 saturated heterocycles. The minimum absolute atomic E-state index is 0.00235. The Bertz CT molecular complexity index is 845. The minimum Gasteiger partial charge on any atom is -0.508 e. The maximum Gasteiger partial charge on any atom is 0.252 e. The van der Waals surface area contributed by atoms with E-state index in [9.17, 15) is 9.90 Å². The average molecular weight is 370 g/mol. The predicted octanol–water partition coefficient (Wildman–Crippen LogP) is 4.57. The van der Waals surface area contributed by atoms with Gasteiger partial charge in [0.2, 0.25) is 0 Å². The molecule has 1 amide bonds. The summed E-state index contributed by atoms with van der Waals surface area (Å²) in [5.41, 5.74) is 2.50. The SMILES string of the molecule is C[C@H]1CC[C@H]2C(C)(C)CCC[C@]23Oc2c(c(O)cc4c2CNC4=O)C[C@]13C. The van der Waals surface area contributed by atoms with Crippen molar-refractivity contribution in [3.63, 3.8) is 0 Å². The number of hydrogen-bond acceptors (Lipinski definition) is 3. The van der Waals surface area contributed by atoms with Gasteiger partial charge in [-0.3, -0.25) is 4.79 Å². The normalized spacial score (nSPS) is 38.7. The van der Waals surface area contributed by atoms with Crippen molar-refractivity contribution in [3.8, 4) is 11.5 Å². The summed E-state index contributed by atoms with van der Waals surface area (Å²) in [6.45, 7) is 10.1. The molecule has 2 aliphatic heterocycles. The van der Waals surface area contributed by atoms with Crippen LogP contribution in [0, 0.1) is 22.7 Å². The summed E-state index contributed by atoms with van der Waals surface area (Å²) in [7, 11) is 0. The van der Waals surface area contributed by atoms with Crippen molar-refractivity contribution in [3.05, 3.63) is 22.8 Å². The summed E-state index contributed by atoms with van der Waals surface area (Å²) < 4.78 is 7.06. The number of phenols is 1. The van der Waals surface area contributed by atoms with E-state index in [1.165, 1.54) is 25.7 Å². The second-order valence-corrected chi connectivity index (χ2v) is 10.4. The molecule has 2 saturated carbocycles. The molecule has 2 aliphatic carbocycles. The Morgan fingerprint density at radius 1 is 1.19 bits per heavy atom. The monoisotopic (exact) mass is 369 g/mol. The highest BCUT2D eigenvalue weighted by Crippen LogP contribution is 2.66. The third-order valence-electron chi connectivity index (χ3n) is 8.78. The molecule has 5 rings (SSSR count). The van der Waals surface area contributed by atoms with Gasteiger partial charge in [-0.15, -0.1) is 0 Å². The number of amides is 1. The number of fused-ring (bicyclic) bond motifs is 3. The van der Waals surface area contributed by atoms with E-state index < -0.39 is 0 Å². The fourth-order valence-corrected chi connectivity index (χ4v) is 7.03. The average Bonchev–Trinajstić information content (AvgIpc) is 2.96. The molecule has 1 aromatic rings. The van der Waals surface area contributed by atoms with Crippen LogP contribution in [-0.2, 0) is 13.0 Å². The van der Waals surface area contributed by atoms with Crippen LogP contribution >= 0.6 is 0 Å². The van der Waals surface area contributed by atoms with E-state index in [-0.39, 0.29) is 28.1 Å². The van der Waals surface area contributed by atoms with Gasteiger partial charge in [0.25, 0.3) is 5.91 Å². The molecule has 27 heavy (non-hydrogen) atoms. The Hall–Kier alpha value is -1.71. The van der Waals surface area contributed by atoms with E-state index in [4.69, 9.17) is 4.74 Å². The van der Waals surface area contributed by atoms with Gasteiger partial charge in [0.1, 0.15) is 17.1 Å². The maximum atomic E-state index is 12.2. The molecule has 0 radical (unpaired) electrons. The summed E-state index contributed by atoms with van der Waals surface area (Å²) in [6, 6.07) is 1.65. The molecular formula is C23H31NO3. The second-order valence-electron chi connectivity index (χ2n) is 10.4. The van der Waals surface area contributed by atoms with Gasteiger partial charge in [0.05, 0.1) is 5.56 Å². The standard InChI is InChI=1S/C23H31NO3/c1-13-6-7-18-21(2,3)8-5-9-23(18)22(13,4)11-15-17(25)10-14-16(19(15)27-23)12-24-20(14)26/h10,13,18,25H,5-9,11-12H2,1-4H3,(H,24,26)/t13-,18-,22+,23-/m0/s1. The zero-order valence-corrected chi connectivity index (χ0v) is 16.9. The lowest BCUT2D eigenvalue weighted by Crippen LogP contribution is -2.68. The van der Waals surface area contributed by atoms with Crippen molar-refractivity contribution >= 4 is 5.91 Å². The first-order valence-corrected chi connectivity index (χ1v) is 10.5. The molecule has 4 atom stereocenters. The Morgan fingerprint density at radius 2 is 1.96 bits per heavy atom. The number of hydrogen-bond donors (Lipinski definition) is 2. The van der Waals surface area contributed by atoms with Crippen LogP contribution in [0.25, 0.3) is 0 Å². The molecule has 4 heteroatoms. The van der Waals surface area contributed by atoms with Crippen LogP contribution in [0.15, 0.2) is 6.07 Å². The lowest BCUT2D eigenvalue weighted by atomic mass is 9.44. The van der Waals surface area contributed by atoms with Crippen molar-refractivity contribution < 1.29 is 14.6 Å². The zero-order valence-electron chi connectivity index (χ0n) is 16.9. The quantitative estimate of drug-likeness (QED) is 0.704. The molecule has 146 valence electrons. The van der Waals surface area contributed by atoms with E-state index in [0.717, 1.165) is 29.7 Å². The van der Waals surface area contributed by atoms with Gasteiger partial charge >= 0.3 is 0 Å². The fraction of sp³-hybridized carbons (Fsp3) is 0.696. The number of carbonyl (C=O) groups excluding carboxylic acids is 1. The second kappa shape index (κ2) is 5.21. The maximum absolute atomic E-state index is 12.2. The van der Waals surface area contributed by atoms with Crippen molar-refractivity contribution in [2.24, 2.45) is 22.7 Å². The summed E-state index contributed by atoms with van der Waals surface area (Å²) in [5, 5.41) is 13.7. The summed E-state index contributed by atoms with van der Waals surface area (Å²) in [5.74, 6) is 1.98. The molecule has 2 heterocycles. The third kappa shape index (κ3) is 2.02. The molecule has 0 aromatic heterocycles. The van der Waals surface area contributed by atoms with Gasteiger partial charge in [-0.1, -0.05) is 27.7 Å². The van der Waals surface area contributed by atoms with Crippen LogP contribution in [0.5, 0.6) is 11.5 Å². The highest BCUT2D eigenvalue weighted by molar-refractivity contribution is 6.00. The number of carbonyl (C=O) groups is 1. The summed E-state index contributed by atoms with van der Waals surface area (Å²) >= 11 is 0. The summed E-state index contributed by atoms with van der Waals surface area (Å²) in [4.78, 5) is 12.2. The van der Waals surface area contributed by atoms with Crippen LogP contribution in [0.3, 0.4) is 0 Å². The molecule has 0 unspecified atom stereocenters. The lowest BCUT2D eigenvalue weighted by molar-refractivity contribution is -0.210. The van der Waals surface area contributed by atoms with E-state index in [0.29, 0.717) is 23.9 Å². The van der Waals surface area contributed by atoms with Crippen LogP contribution < -0.4 is 10.1 Å². The molecule has 0 bridgehead atoms. The molecule has 2 fully saturated rings. The van der Waals surface area contributed by atoms with Gasteiger partial charge < -0.3 is 15.2 Å². The Labute approximate surface area is 161 Å². The smallest absolute Gasteiger partial charge is 0.252 e. The molecule has 4 nitrogen and oxygen atoms in total. The Kier molecular flexibility index (Phi) is 3.36. The third-order valence-corrected chi connectivity index (χ3v) is 8.78. The van der Waals surface area contributed by atoms with Gasteiger partial charge in [-0.2, -0.15) is 0 Å². The van der Waals surface area contributed by atoms with Gasteiger partial charge in [-0.05, 0) is 55.9 Å². The number of benzene rings is 1. The molecule has 1 aromatic carbocycles. The first kappa shape index (κ1) is 17.4. The predicted molar refractivity (Wildman–Crippen MR) is 104 cm³/mol. The number of phenolic OH excluding ortho intramolecular Hbond substituents is 1. The molecule has 1 spiro atoms. The lowest BCUT2D eigenvalue weighted by Gasteiger charge is -2.66. The van der Waals surface area contributed by atoms with Gasteiger partial charge in [0, 0.05) is 29.0 Å². The number of nitrogens with one attached hydrogen (secondary N) is 1. The number of aromatic hydroxyl groups is 1. The van der Waals surface area contributed by atoms with Crippen molar-refractivity contribution in [1.82, 2.24) is 5.32 Å². The van der Waals surface area contributed by atoms with Crippen molar-refractivity contribution in [2.75, 3.05) is 0 Å². The first-order valence-electron chi connectivity index (χ1n) is 10.5. The van der Waals surface area contributed by atoms with Crippen LogP contribution in [-0.4, -0.2) is 16.6 Å². The summed E-state index contributed by atoms with van der Waals surface area (Å²) in [6.07, 6.45) is 6.77. The largest absolute Gasteiger partial charge is 0.508 e. The zero-order chi connectivity index (χ0) is 19.2. The fourth-order valence-electron chi connectivity index (χ4n) is 7.03. The van der Waals surface area contributed by atoms with E-state index in [2.05, 4.69) is 33.0 Å². The van der Waals surface area contributed by atoms with Crippen LogP contribution in [0.4, 0.5) is 0 Å². The Morgan fingerprint density at radius 3 is 2.74 bits per heavy atom. The molecular weight excluding hydrogens is 338 g/mol. The van der Waals surface area contributed by atoms with Crippen LogP contribution in [0.2, 0.25) is 0 Å². The highest BCUT2D eigenvalue weighted by Gasteiger charge is 2.66. The Balaban J connectivity index is 1.74. The van der Waals surface area contributed by atoms with E-state index in [1.54, 1.807) is 6.07 Å². The van der Waals surface area contributed by atoms with Crippen LogP contribution in [0.1, 0.15) is 81.3 Å². The van der Waals surface area contributed by atoms with Crippen molar-refractivity contribution in [1.29, 1.82) is 0 Å². The van der Waals surface area contributed by atoms with Crippen molar-refractivity contribution in [2.45, 2.75) is 78.4 Å². The topological polar surface area (TPSA) is 58.6 Å². The molecule has 4 aliphatic rings. The highest BCUT2D eigenvalue weighted by atomic mass is 16.5. The number of rotatable bonds is 0. The minimum atomic E-state index is -0.202. The van der Waals surface area contributed by atoms with Gasteiger partial charge in [0.15, 0.2) is 0 Å². The molecule has 2 N–H and O–H groups in total.